The summed E-state index contributed by atoms with van der Waals surface area (Å²) < 4.78 is 19.2. The van der Waals surface area contributed by atoms with Crippen molar-refractivity contribution in [3.05, 3.63) is 30.1 Å². The van der Waals surface area contributed by atoms with Gasteiger partial charge >= 0.3 is 7.12 Å². The van der Waals surface area contributed by atoms with Crippen LogP contribution in [0.5, 0.6) is 0 Å². The van der Waals surface area contributed by atoms with Gasteiger partial charge in [0.15, 0.2) is 0 Å². The number of hydrogen-bond donors (Lipinski definition) is 1. The van der Waals surface area contributed by atoms with Gasteiger partial charge in [-0.25, -0.2) is 4.39 Å². The van der Waals surface area contributed by atoms with E-state index in [9.17, 15) is 9.41 Å². The van der Waals surface area contributed by atoms with Crippen LogP contribution in [0.3, 0.4) is 0 Å². The Balaban J connectivity index is 1.74. The van der Waals surface area contributed by atoms with Crippen LogP contribution < -0.4 is 5.46 Å². The number of hydrogen-bond acceptors (Lipinski definition) is 2. The van der Waals surface area contributed by atoms with Crippen molar-refractivity contribution in [2.45, 2.75) is 64.4 Å². The molecule has 0 unspecified atom stereocenters. The zero-order chi connectivity index (χ0) is 15.1. The predicted molar refractivity (Wildman–Crippen MR) is 85.0 cm³/mol. The lowest BCUT2D eigenvalue weighted by Crippen LogP contribution is -2.40. The fourth-order valence-electron chi connectivity index (χ4n) is 3.17. The number of benzene rings is 1. The van der Waals surface area contributed by atoms with Gasteiger partial charge in [-0.05, 0) is 37.7 Å². The third-order valence-electron chi connectivity index (χ3n) is 4.50. The first kappa shape index (κ1) is 16.5. The van der Waals surface area contributed by atoms with E-state index in [-0.39, 0.29) is 11.6 Å². The van der Waals surface area contributed by atoms with Crippen LogP contribution >= 0.6 is 0 Å². The van der Waals surface area contributed by atoms with Crippen molar-refractivity contribution in [1.82, 2.24) is 0 Å². The molecule has 0 heterocycles. The lowest BCUT2D eigenvalue weighted by atomic mass is 9.77. The van der Waals surface area contributed by atoms with Gasteiger partial charge in [0.2, 0.25) is 0 Å². The predicted octanol–water partition coefficient (Wildman–Crippen LogP) is 3.67. The summed E-state index contributed by atoms with van der Waals surface area (Å²) in [6.45, 7) is 2.23. The fourth-order valence-corrected chi connectivity index (χ4v) is 3.17. The van der Waals surface area contributed by atoms with Gasteiger partial charge in [0.25, 0.3) is 0 Å². The van der Waals surface area contributed by atoms with Crippen molar-refractivity contribution in [3.63, 3.8) is 0 Å². The zero-order valence-electron chi connectivity index (χ0n) is 12.9. The molecule has 21 heavy (non-hydrogen) atoms. The van der Waals surface area contributed by atoms with Crippen LogP contribution in [-0.4, -0.2) is 18.2 Å². The van der Waals surface area contributed by atoms with Crippen molar-refractivity contribution in [1.29, 1.82) is 0 Å². The molecular formula is C17H26BFO2. The normalized spacial score (nSPS) is 22.2. The minimum Gasteiger partial charge on any atom is -0.423 e. The quantitative estimate of drug-likeness (QED) is 0.614. The second-order valence-electron chi connectivity index (χ2n) is 6.15. The molecule has 1 aliphatic rings. The molecule has 0 aromatic heterocycles. The Bertz CT molecular complexity index is 419. The summed E-state index contributed by atoms with van der Waals surface area (Å²) in [5.74, 6) is 0.403. The van der Waals surface area contributed by atoms with Gasteiger partial charge in [0, 0.05) is 11.6 Å². The summed E-state index contributed by atoms with van der Waals surface area (Å²) in [6, 6.07) is 6.27. The summed E-state index contributed by atoms with van der Waals surface area (Å²) in [5.41, 5.74) is 0.238. The summed E-state index contributed by atoms with van der Waals surface area (Å²) in [4.78, 5) is 0. The second-order valence-corrected chi connectivity index (χ2v) is 6.15. The number of halogens is 1. The molecule has 0 aliphatic heterocycles. The van der Waals surface area contributed by atoms with E-state index >= 15 is 0 Å². The van der Waals surface area contributed by atoms with E-state index in [2.05, 4.69) is 6.92 Å². The van der Waals surface area contributed by atoms with Crippen LogP contribution in [0.25, 0.3) is 0 Å². The first-order valence-corrected chi connectivity index (χ1v) is 8.28. The molecule has 4 heteroatoms. The smallest absolute Gasteiger partial charge is 0.423 e. The maximum atomic E-state index is 13.6. The van der Waals surface area contributed by atoms with Gasteiger partial charge in [0.05, 0.1) is 0 Å². The van der Waals surface area contributed by atoms with Crippen LogP contribution in [0, 0.1) is 11.7 Å². The lowest BCUT2D eigenvalue weighted by Gasteiger charge is -2.29. The fraction of sp³-hybridized carbons (Fsp3) is 0.647. The van der Waals surface area contributed by atoms with E-state index < -0.39 is 12.9 Å². The number of rotatable bonds is 7. The van der Waals surface area contributed by atoms with E-state index in [1.165, 1.54) is 44.6 Å². The highest BCUT2D eigenvalue weighted by atomic mass is 19.1. The number of unbranched alkanes of at least 4 members (excludes halogenated alkanes) is 2. The molecule has 0 atom stereocenters. The molecule has 1 aromatic rings. The average molecular weight is 292 g/mol. The second kappa shape index (κ2) is 8.55. The monoisotopic (exact) mass is 292 g/mol. The maximum Gasteiger partial charge on any atom is 0.494 e. The molecule has 1 aromatic carbocycles. The molecule has 116 valence electrons. The third kappa shape index (κ3) is 5.12. The standard InChI is InChI=1S/C17H26BFO2/c1-2-3-4-7-14-10-12-15(13-11-14)21-18(20)16-8-5-6-9-17(16)19/h5-6,8-9,14-15,20H,2-4,7,10-13H2,1H3. The van der Waals surface area contributed by atoms with E-state index in [0.29, 0.717) is 0 Å². The molecule has 2 rings (SSSR count). The van der Waals surface area contributed by atoms with Crippen molar-refractivity contribution in [2.75, 3.05) is 0 Å². The van der Waals surface area contributed by atoms with Gasteiger partial charge in [-0.3, -0.25) is 0 Å². The summed E-state index contributed by atoms with van der Waals surface area (Å²) in [6.07, 6.45) is 9.57. The lowest BCUT2D eigenvalue weighted by molar-refractivity contribution is 0.109. The van der Waals surface area contributed by atoms with Crippen LogP contribution in [0.15, 0.2) is 24.3 Å². The van der Waals surface area contributed by atoms with Crippen LogP contribution in [0.2, 0.25) is 0 Å². The Morgan fingerprint density at radius 2 is 1.90 bits per heavy atom. The Kier molecular flexibility index (Phi) is 6.72. The van der Waals surface area contributed by atoms with E-state index in [4.69, 9.17) is 4.65 Å². The Morgan fingerprint density at radius 3 is 2.57 bits per heavy atom. The molecule has 1 N–H and O–H groups in total. The van der Waals surface area contributed by atoms with Crippen molar-refractivity contribution in [3.8, 4) is 0 Å². The molecular weight excluding hydrogens is 266 g/mol. The Labute approximate surface area is 127 Å². The molecule has 1 aliphatic carbocycles. The molecule has 0 saturated heterocycles. The SMILES string of the molecule is CCCCCC1CCC(OB(O)c2ccccc2F)CC1. The molecule has 0 bridgehead atoms. The molecule has 0 amide bonds. The summed E-state index contributed by atoms with van der Waals surface area (Å²) in [7, 11) is -1.15. The van der Waals surface area contributed by atoms with Gasteiger partial charge in [0.1, 0.15) is 5.82 Å². The minimum atomic E-state index is -1.15. The van der Waals surface area contributed by atoms with Crippen LogP contribution in [-0.2, 0) is 4.65 Å². The summed E-state index contributed by atoms with van der Waals surface area (Å²) in [5, 5.41) is 10.0. The Hall–Kier alpha value is -0.865. The minimum absolute atomic E-state index is 0.0574. The van der Waals surface area contributed by atoms with Gasteiger partial charge in [-0.2, -0.15) is 0 Å². The van der Waals surface area contributed by atoms with Gasteiger partial charge in [-0.15, -0.1) is 0 Å². The first-order valence-electron chi connectivity index (χ1n) is 8.28. The van der Waals surface area contributed by atoms with E-state index in [1.54, 1.807) is 18.2 Å². The summed E-state index contributed by atoms with van der Waals surface area (Å²) >= 11 is 0. The van der Waals surface area contributed by atoms with Gasteiger partial charge < -0.3 is 9.68 Å². The zero-order valence-corrected chi connectivity index (χ0v) is 12.9. The Morgan fingerprint density at radius 1 is 1.19 bits per heavy atom. The maximum absolute atomic E-state index is 13.6. The highest BCUT2D eigenvalue weighted by Crippen LogP contribution is 2.30. The van der Waals surface area contributed by atoms with Crippen LogP contribution in [0.4, 0.5) is 4.39 Å². The van der Waals surface area contributed by atoms with E-state index in [0.717, 1.165) is 18.8 Å². The molecule has 0 spiro atoms. The van der Waals surface area contributed by atoms with Crippen molar-refractivity contribution >= 4 is 12.6 Å². The molecule has 0 radical (unpaired) electrons. The molecule has 1 saturated carbocycles. The van der Waals surface area contributed by atoms with Crippen LogP contribution in [0.1, 0.15) is 58.3 Å². The highest BCUT2D eigenvalue weighted by Gasteiger charge is 2.28. The van der Waals surface area contributed by atoms with Gasteiger partial charge in [-0.1, -0.05) is 50.8 Å². The van der Waals surface area contributed by atoms with E-state index in [1.807, 2.05) is 0 Å². The first-order chi connectivity index (χ1) is 10.2. The van der Waals surface area contributed by atoms with Crippen molar-refractivity contribution in [2.24, 2.45) is 5.92 Å². The van der Waals surface area contributed by atoms with Crippen molar-refractivity contribution < 1.29 is 14.1 Å². The topological polar surface area (TPSA) is 29.5 Å². The highest BCUT2D eigenvalue weighted by molar-refractivity contribution is 6.60. The largest absolute Gasteiger partial charge is 0.494 e. The molecule has 2 nitrogen and oxygen atoms in total. The third-order valence-corrected chi connectivity index (χ3v) is 4.50. The average Bonchev–Trinajstić information content (AvgIpc) is 2.49. The molecule has 1 fully saturated rings.